The quantitative estimate of drug-likeness (QED) is 0.622. The van der Waals surface area contributed by atoms with Crippen molar-refractivity contribution in [2.45, 2.75) is 59.1 Å². The molecule has 2 aromatic rings. The summed E-state index contributed by atoms with van der Waals surface area (Å²) in [6.45, 7) is 7.59. The summed E-state index contributed by atoms with van der Waals surface area (Å²) in [5.41, 5.74) is 3.13. The Labute approximate surface area is 172 Å². The molecule has 0 saturated heterocycles. The number of pyridine rings is 1. The summed E-state index contributed by atoms with van der Waals surface area (Å²) < 4.78 is 11.0. The molecule has 6 heteroatoms. The molecule has 1 aromatic carbocycles. The number of amides is 1. The molecule has 0 aliphatic rings. The van der Waals surface area contributed by atoms with Crippen LogP contribution >= 0.6 is 0 Å². The Kier molecular flexibility index (Phi) is 8.65. The first-order valence-corrected chi connectivity index (χ1v) is 10.0. The second kappa shape index (κ2) is 11.2. The maximum absolute atomic E-state index is 12.2. The van der Waals surface area contributed by atoms with Crippen molar-refractivity contribution in [1.29, 1.82) is 0 Å². The van der Waals surface area contributed by atoms with E-state index in [9.17, 15) is 9.59 Å². The van der Waals surface area contributed by atoms with Crippen LogP contribution in [-0.4, -0.2) is 35.6 Å². The third-order valence-corrected chi connectivity index (χ3v) is 4.30. The molecule has 29 heavy (non-hydrogen) atoms. The number of carbonyl (C=O) groups is 2. The molecule has 0 fully saturated rings. The van der Waals surface area contributed by atoms with Gasteiger partial charge in [-0.25, -0.2) is 4.79 Å². The van der Waals surface area contributed by atoms with Crippen molar-refractivity contribution in [3.05, 3.63) is 59.4 Å². The number of aryl methyl sites for hydroxylation is 1. The molecule has 1 N–H and O–H groups in total. The van der Waals surface area contributed by atoms with Crippen molar-refractivity contribution in [1.82, 2.24) is 10.3 Å². The molecule has 1 amide bonds. The van der Waals surface area contributed by atoms with E-state index in [-0.39, 0.29) is 12.0 Å². The standard InChI is InChI=1S/C23H30N2O4/c1-5-18-6-9-20(24-15-18)12-13-28-21-10-7-19(8-11-21)14-22(25-17(4)26)23(27)29-16(2)3/h6-11,15-16,22H,5,12-14H2,1-4H3,(H,25,26). The Bertz CT molecular complexity index is 786. The fraction of sp³-hybridized carbons (Fsp3) is 0.435. The number of carbonyl (C=O) groups excluding carboxylic acids is 2. The highest BCUT2D eigenvalue weighted by Gasteiger charge is 2.22. The molecular weight excluding hydrogens is 368 g/mol. The molecule has 0 aliphatic heterocycles. The molecule has 156 valence electrons. The number of esters is 1. The van der Waals surface area contributed by atoms with Gasteiger partial charge in [0.05, 0.1) is 12.7 Å². The summed E-state index contributed by atoms with van der Waals surface area (Å²) in [6.07, 6.45) is 3.74. The monoisotopic (exact) mass is 398 g/mol. The lowest BCUT2D eigenvalue weighted by Crippen LogP contribution is -2.43. The first-order valence-electron chi connectivity index (χ1n) is 10.0. The van der Waals surface area contributed by atoms with Crippen molar-refractivity contribution in [3.63, 3.8) is 0 Å². The highest BCUT2D eigenvalue weighted by Crippen LogP contribution is 2.15. The number of ether oxygens (including phenoxy) is 2. The van der Waals surface area contributed by atoms with Gasteiger partial charge in [0, 0.05) is 31.7 Å². The minimum atomic E-state index is -0.709. The van der Waals surface area contributed by atoms with E-state index >= 15 is 0 Å². The van der Waals surface area contributed by atoms with Gasteiger partial charge in [0.1, 0.15) is 11.8 Å². The molecule has 1 aromatic heterocycles. The van der Waals surface area contributed by atoms with E-state index < -0.39 is 12.0 Å². The number of rotatable bonds is 10. The Balaban J connectivity index is 1.88. The Morgan fingerprint density at radius 2 is 1.76 bits per heavy atom. The zero-order valence-electron chi connectivity index (χ0n) is 17.6. The van der Waals surface area contributed by atoms with E-state index in [2.05, 4.69) is 23.3 Å². The van der Waals surface area contributed by atoms with Crippen LogP contribution in [0.4, 0.5) is 0 Å². The van der Waals surface area contributed by atoms with Gasteiger partial charge < -0.3 is 14.8 Å². The zero-order chi connectivity index (χ0) is 21.2. The van der Waals surface area contributed by atoms with E-state index in [1.165, 1.54) is 12.5 Å². The normalized spacial score (nSPS) is 11.8. The molecule has 0 radical (unpaired) electrons. The van der Waals surface area contributed by atoms with Crippen LogP contribution in [0, 0.1) is 0 Å². The number of hydrogen-bond acceptors (Lipinski definition) is 5. The average molecular weight is 399 g/mol. The highest BCUT2D eigenvalue weighted by atomic mass is 16.5. The summed E-state index contributed by atoms with van der Waals surface area (Å²) in [5.74, 6) is 0.0492. The van der Waals surface area contributed by atoms with Gasteiger partial charge in [0.25, 0.3) is 0 Å². The smallest absolute Gasteiger partial charge is 0.329 e. The third-order valence-electron chi connectivity index (χ3n) is 4.30. The first kappa shape index (κ1) is 22.4. The molecule has 0 spiro atoms. The topological polar surface area (TPSA) is 77.5 Å². The van der Waals surface area contributed by atoms with Crippen LogP contribution in [-0.2, 0) is 33.6 Å². The summed E-state index contributed by atoms with van der Waals surface area (Å²) in [7, 11) is 0. The Hall–Kier alpha value is -2.89. The largest absolute Gasteiger partial charge is 0.493 e. The fourth-order valence-corrected chi connectivity index (χ4v) is 2.80. The highest BCUT2D eigenvalue weighted by molar-refractivity contribution is 5.83. The lowest BCUT2D eigenvalue weighted by Gasteiger charge is -2.18. The van der Waals surface area contributed by atoms with Gasteiger partial charge in [-0.3, -0.25) is 9.78 Å². The van der Waals surface area contributed by atoms with Gasteiger partial charge in [-0.2, -0.15) is 0 Å². The zero-order valence-corrected chi connectivity index (χ0v) is 17.6. The minimum Gasteiger partial charge on any atom is -0.493 e. The van der Waals surface area contributed by atoms with Crippen molar-refractivity contribution >= 4 is 11.9 Å². The molecule has 1 unspecified atom stereocenters. The lowest BCUT2D eigenvalue weighted by molar-refractivity contribution is -0.151. The summed E-state index contributed by atoms with van der Waals surface area (Å²) in [6, 6.07) is 10.9. The van der Waals surface area contributed by atoms with Gasteiger partial charge in [0.15, 0.2) is 0 Å². The van der Waals surface area contributed by atoms with E-state index in [1.807, 2.05) is 36.5 Å². The van der Waals surface area contributed by atoms with Crippen LogP contribution in [0.3, 0.4) is 0 Å². The molecule has 1 heterocycles. The average Bonchev–Trinajstić information content (AvgIpc) is 2.68. The maximum atomic E-state index is 12.2. The second-order valence-corrected chi connectivity index (χ2v) is 7.20. The van der Waals surface area contributed by atoms with Crippen LogP contribution < -0.4 is 10.1 Å². The molecule has 6 nitrogen and oxygen atoms in total. The molecule has 1 atom stereocenters. The number of nitrogens with one attached hydrogen (secondary N) is 1. The summed E-state index contributed by atoms with van der Waals surface area (Å²) in [5, 5.41) is 2.66. The molecule has 0 aliphatic carbocycles. The number of hydrogen-bond donors (Lipinski definition) is 1. The predicted molar refractivity (Wildman–Crippen MR) is 112 cm³/mol. The van der Waals surface area contributed by atoms with Crippen LogP contribution in [0.25, 0.3) is 0 Å². The van der Waals surface area contributed by atoms with Gasteiger partial charge in [-0.1, -0.05) is 25.1 Å². The van der Waals surface area contributed by atoms with Crippen molar-refractivity contribution in [2.75, 3.05) is 6.61 Å². The van der Waals surface area contributed by atoms with Crippen molar-refractivity contribution in [3.8, 4) is 5.75 Å². The summed E-state index contributed by atoms with van der Waals surface area (Å²) >= 11 is 0. The van der Waals surface area contributed by atoms with E-state index in [0.717, 1.165) is 29.8 Å². The van der Waals surface area contributed by atoms with Gasteiger partial charge in [-0.15, -0.1) is 0 Å². The number of aromatic nitrogens is 1. The Morgan fingerprint density at radius 1 is 1.07 bits per heavy atom. The predicted octanol–water partition coefficient (Wildman–Crippen LogP) is 3.26. The number of benzene rings is 1. The molecular formula is C23H30N2O4. The molecule has 0 bridgehead atoms. The molecule has 2 rings (SSSR count). The van der Waals surface area contributed by atoms with E-state index in [4.69, 9.17) is 9.47 Å². The summed E-state index contributed by atoms with van der Waals surface area (Å²) in [4.78, 5) is 28.1. The van der Waals surface area contributed by atoms with Crippen LogP contribution in [0.2, 0.25) is 0 Å². The number of nitrogens with zero attached hydrogens (tertiary/aromatic N) is 1. The van der Waals surface area contributed by atoms with Gasteiger partial charge >= 0.3 is 5.97 Å². The van der Waals surface area contributed by atoms with Crippen LogP contribution in [0.5, 0.6) is 5.75 Å². The van der Waals surface area contributed by atoms with Gasteiger partial charge in [0.2, 0.25) is 5.91 Å². The van der Waals surface area contributed by atoms with E-state index in [0.29, 0.717) is 13.0 Å². The Morgan fingerprint density at radius 3 is 2.31 bits per heavy atom. The first-order chi connectivity index (χ1) is 13.9. The van der Waals surface area contributed by atoms with Crippen molar-refractivity contribution in [2.24, 2.45) is 0 Å². The molecule has 0 saturated carbocycles. The SMILES string of the molecule is CCc1ccc(CCOc2ccc(CC(NC(C)=O)C(=O)OC(C)C)cc2)nc1. The third kappa shape index (κ3) is 7.94. The lowest BCUT2D eigenvalue weighted by atomic mass is 10.1. The van der Waals surface area contributed by atoms with E-state index in [1.54, 1.807) is 13.8 Å². The minimum absolute atomic E-state index is 0.234. The second-order valence-electron chi connectivity index (χ2n) is 7.20. The maximum Gasteiger partial charge on any atom is 0.329 e. The van der Waals surface area contributed by atoms with Crippen LogP contribution in [0.1, 0.15) is 44.5 Å². The van der Waals surface area contributed by atoms with Crippen LogP contribution in [0.15, 0.2) is 42.6 Å². The van der Waals surface area contributed by atoms with Gasteiger partial charge in [-0.05, 0) is 49.6 Å². The van der Waals surface area contributed by atoms with Crippen molar-refractivity contribution < 1.29 is 19.1 Å². The fourth-order valence-electron chi connectivity index (χ4n) is 2.80.